The molecule has 1 saturated heterocycles. The van der Waals surface area contributed by atoms with Gasteiger partial charge in [-0.05, 0) is 19.1 Å². The molecule has 0 saturated carbocycles. The van der Waals surface area contributed by atoms with Crippen molar-refractivity contribution in [3.8, 4) is 10.6 Å². The average Bonchev–Trinajstić information content (AvgIpc) is 3.19. The number of benzene rings is 2. The Labute approximate surface area is 169 Å². The van der Waals surface area contributed by atoms with Crippen molar-refractivity contribution in [2.75, 3.05) is 31.5 Å². The van der Waals surface area contributed by atoms with Crippen LogP contribution in [0.2, 0.25) is 0 Å². The first-order valence-corrected chi connectivity index (χ1v) is 10.4. The monoisotopic (exact) mass is 392 g/mol. The van der Waals surface area contributed by atoms with Crippen LogP contribution in [0.1, 0.15) is 11.3 Å². The number of aromatic nitrogens is 1. The lowest BCUT2D eigenvalue weighted by Crippen LogP contribution is -2.49. The maximum Gasteiger partial charge on any atom is 0.321 e. The number of hydrogen-bond donors (Lipinski definition) is 1. The lowest BCUT2D eigenvalue weighted by molar-refractivity contribution is 0.142. The summed E-state index contributed by atoms with van der Waals surface area (Å²) in [7, 11) is 0. The molecule has 2 amide bonds. The van der Waals surface area contributed by atoms with E-state index in [0.717, 1.165) is 54.7 Å². The van der Waals surface area contributed by atoms with Crippen LogP contribution >= 0.6 is 11.3 Å². The predicted molar refractivity (Wildman–Crippen MR) is 115 cm³/mol. The fourth-order valence-corrected chi connectivity index (χ4v) is 4.09. The zero-order chi connectivity index (χ0) is 19.3. The first-order chi connectivity index (χ1) is 13.7. The van der Waals surface area contributed by atoms with Crippen LogP contribution in [-0.4, -0.2) is 47.0 Å². The molecule has 3 aromatic rings. The second kappa shape index (κ2) is 8.54. The molecule has 2 aromatic carbocycles. The second-order valence-electron chi connectivity index (χ2n) is 7.07. The lowest BCUT2D eigenvalue weighted by Gasteiger charge is -2.34. The van der Waals surface area contributed by atoms with Gasteiger partial charge in [0, 0.05) is 49.4 Å². The summed E-state index contributed by atoms with van der Waals surface area (Å²) in [6.45, 7) is 6.05. The fourth-order valence-electron chi connectivity index (χ4n) is 3.27. The van der Waals surface area contributed by atoms with Crippen LogP contribution < -0.4 is 5.32 Å². The number of carbonyl (C=O) groups is 1. The summed E-state index contributed by atoms with van der Waals surface area (Å²) in [5, 5.41) is 6.18. The van der Waals surface area contributed by atoms with Crippen LogP contribution in [0.15, 0.2) is 60.0 Å². The number of carbonyl (C=O) groups excluding carboxylic acids is 1. The Kier molecular flexibility index (Phi) is 5.69. The van der Waals surface area contributed by atoms with Crippen LogP contribution in [0, 0.1) is 6.92 Å². The van der Waals surface area contributed by atoms with Gasteiger partial charge < -0.3 is 10.2 Å². The maximum atomic E-state index is 12.5. The number of rotatable bonds is 4. The van der Waals surface area contributed by atoms with Gasteiger partial charge in [-0.3, -0.25) is 4.90 Å². The molecule has 4 rings (SSSR count). The minimum atomic E-state index is -0.0245. The van der Waals surface area contributed by atoms with E-state index in [1.165, 1.54) is 5.56 Å². The molecule has 144 valence electrons. The molecule has 6 heteroatoms. The van der Waals surface area contributed by atoms with E-state index in [1.807, 2.05) is 54.3 Å². The standard InChI is InChI=1S/C22H24N4OS/c1-17-7-9-19(10-8-17)24-22(27)26-13-11-25(12-14-26)15-20-16-28-21(23-20)18-5-3-2-4-6-18/h2-10,16H,11-15H2,1H3,(H,24,27). The number of nitrogens with zero attached hydrogens (tertiary/aromatic N) is 3. The molecule has 0 aliphatic carbocycles. The Balaban J connectivity index is 1.28. The first kappa shape index (κ1) is 18.7. The van der Waals surface area contributed by atoms with Crippen molar-refractivity contribution in [1.82, 2.24) is 14.8 Å². The van der Waals surface area contributed by atoms with Crippen LogP contribution in [0.4, 0.5) is 10.5 Å². The summed E-state index contributed by atoms with van der Waals surface area (Å²) in [4.78, 5) is 21.5. The normalized spacial score (nSPS) is 14.8. The van der Waals surface area contributed by atoms with E-state index in [4.69, 9.17) is 4.98 Å². The predicted octanol–water partition coefficient (Wildman–Crippen LogP) is 4.47. The van der Waals surface area contributed by atoms with E-state index in [9.17, 15) is 4.79 Å². The van der Waals surface area contributed by atoms with Crippen molar-refractivity contribution in [2.45, 2.75) is 13.5 Å². The lowest BCUT2D eigenvalue weighted by atomic mass is 10.2. The SMILES string of the molecule is Cc1ccc(NC(=O)N2CCN(Cc3csc(-c4ccccc4)n3)CC2)cc1. The van der Waals surface area contributed by atoms with Crippen LogP contribution in [0.3, 0.4) is 0 Å². The molecule has 1 aliphatic heterocycles. The number of aryl methyl sites for hydroxylation is 1. The zero-order valence-corrected chi connectivity index (χ0v) is 16.8. The molecule has 2 heterocycles. The molecule has 0 radical (unpaired) electrons. The van der Waals surface area contributed by atoms with Gasteiger partial charge in [-0.25, -0.2) is 9.78 Å². The quantitative estimate of drug-likeness (QED) is 0.713. The minimum absolute atomic E-state index is 0.0245. The van der Waals surface area contributed by atoms with Gasteiger partial charge >= 0.3 is 6.03 Å². The van der Waals surface area contributed by atoms with Gasteiger partial charge in [0.25, 0.3) is 0 Å². The van der Waals surface area contributed by atoms with Gasteiger partial charge in [0.05, 0.1) is 5.69 Å². The summed E-state index contributed by atoms with van der Waals surface area (Å²) >= 11 is 1.69. The fraction of sp³-hybridized carbons (Fsp3) is 0.273. The summed E-state index contributed by atoms with van der Waals surface area (Å²) in [5.41, 5.74) is 4.29. The van der Waals surface area contributed by atoms with E-state index in [-0.39, 0.29) is 6.03 Å². The summed E-state index contributed by atoms with van der Waals surface area (Å²) in [6.07, 6.45) is 0. The van der Waals surface area contributed by atoms with Crippen molar-refractivity contribution in [1.29, 1.82) is 0 Å². The summed E-state index contributed by atoms with van der Waals surface area (Å²) in [6, 6.07) is 18.1. The molecule has 1 N–H and O–H groups in total. The van der Waals surface area contributed by atoms with Crippen molar-refractivity contribution in [2.24, 2.45) is 0 Å². The largest absolute Gasteiger partial charge is 0.322 e. The molecule has 28 heavy (non-hydrogen) atoms. The van der Waals surface area contributed by atoms with E-state index < -0.39 is 0 Å². The number of nitrogens with one attached hydrogen (secondary N) is 1. The van der Waals surface area contributed by atoms with Crippen molar-refractivity contribution in [3.05, 3.63) is 71.2 Å². The molecule has 0 atom stereocenters. The van der Waals surface area contributed by atoms with Crippen molar-refractivity contribution >= 4 is 23.1 Å². The number of thiazole rings is 1. The van der Waals surface area contributed by atoms with Crippen LogP contribution in [0.5, 0.6) is 0 Å². The number of amides is 2. The van der Waals surface area contributed by atoms with E-state index in [2.05, 4.69) is 27.7 Å². The second-order valence-corrected chi connectivity index (χ2v) is 7.93. The topological polar surface area (TPSA) is 48.5 Å². The Bertz CT molecular complexity index is 915. The smallest absolute Gasteiger partial charge is 0.321 e. The molecular weight excluding hydrogens is 368 g/mol. The highest BCUT2D eigenvalue weighted by Crippen LogP contribution is 2.24. The third kappa shape index (κ3) is 4.58. The first-order valence-electron chi connectivity index (χ1n) is 9.52. The minimum Gasteiger partial charge on any atom is -0.322 e. The average molecular weight is 393 g/mol. The summed E-state index contributed by atoms with van der Waals surface area (Å²) in [5.74, 6) is 0. The molecule has 0 bridgehead atoms. The Morgan fingerprint density at radius 2 is 1.75 bits per heavy atom. The van der Waals surface area contributed by atoms with Gasteiger partial charge in [0.2, 0.25) is 0 Å². The molecule has 0 unspecified atom stereocenters. The van der Waals surface area contributed by atoms with Gasteiger partial charge in [0.1, 0.15) is 5.01 Å². The number of anilines is 1. The number of urea groups is 1. The molecule has 1 fully saturated rings. The highest BCUT2D eigenvalue weighted by atomic mass is 32.1. The van der Waals surface area contributed by atoms with Gasteiger partial charge in [0.15, 0.2) is 0 Å². The Morgan fingerprint density at radius 1 is 1.04 bits per heavy atom. The molecule has 1 aliphatic rings. The van der Waals surface area contributed by atoms with Gasteiger partial charge in [-0.2, -0.15) is 0 Å². The Hall–Kier alpha value is -2.70. The maximum absolute atomic E-state index is 12.5. The molecule has 5 nitrogen and oxygen atoms in total. The third-order valence-electron chi connectivity index (χ3n) is 4.92. The van der Waals surface area contributed by atoms with Crippen LogP contribution in [0.25, 0.3) is 10.6 Å². The molecule has 1 aromatic heterocycles. The highest BCUT2D eigenvalue weighted by Gasteiger charge is 2.21. The van der Waals surface area contributed by atoms with Crippen molar-refractivity contribution < 1.29 is 4.79 Å². The molecular formula is C22H24N4OS. The number of hydrogen-bond acceptors (Lipinski definition) is 4. The van der Waals surface area contributed by atoms with Gasteiger partial charge in [-0.1, -0.05) is 48.0 Å². The highest BCUT2D eigenvalue weighted by molar-refractivity contribution is 7.13. The van der Waals surface area contributed by atoms with E-state index >= 15 is 0 Å². The molecule has 0 spiro atoms. The summed E-state index contributed by atoms with van der Waals surface area (Å²) < 4.78 is 0. The Morgan fingerprint density at radius 3 is 2.46 bits per heavy atom. The third-order valence-corrected chi connectivity index (χ3v) is 5.86. The van der Waals surface area contributed by atoms with Crippen LogP contribution in [-0.2, 0) is 6.54 Å². The van der Waals surface area contributed by atoms with Crippen molar-refractivity contribution in [3.63, 3.8) is 0 Å². The van der Waals surface area contributed by atoms with Gasteiger partial charge in [-0.15, -0.1) is 11.3 Å². The number of piperazine rings is 1. The van der Waals surface area contributed by atoms with E-state index in [0.29, 0.717) is 0 Å². The zero-order valence-electron chi connectivity index (χ0n) is 16.0. The van der Waals surface area contributed by atoms with E-state index in [1.54, 1.807) is 11.3 Å².